The highest BCUT2D eigenvalue weighted by atomic mass is 32.2. The summed E-state index contributed by atoms with van der Waals surface area (Å²) in [5.74, 6) is 5.55. The molecule has 0 bridgehead atoms. The van der Waals surface area contributed by atoms with Crippen LogP contribution in [0.15, 0.2) is 29.2 Å². The highest BCUT2D eigenvalue weighted by Gasteiger charge is 2.22. The minimum atomic E-state index is -3.60. The van der Waals surface area contributed by atoms with Crippen molar-refractivity contribution in [1.29, 1.82) is 0 Å². The topological polar surface area (TPSA) is 66.4 Å². The average molecular weight is 327 g/mol. The second-order valence-corrected chi connectivity index (χ2v) is 8.31. The zero-order valence-corrected chi connectivity index (χ0v) is 14.1. The summed E-state index contributed by atoms with van der Waals surface area (Å²) in [6, 6.07) is 6.62. The first-order valence-corrected chi connectivity index (χ1v) is 9.27. The summed E-state index contributed by atoms with van der Waals surface area (Å²) in [5.41, 5.74) is 0.445. The van der Waals surface area contributed by atoms with Gasteiger partial charge >= 0.3 is 0 Å². The van der Waals surface area contributed by atoms with Gasteiger partial charge in [0, 0.05) is 23.3 Å². The Hall–Kier alpha value is -1.00. The molecule has 1 aromatic carbocycles. The van der Waals surface area contributed by atoms with E-state index in [1.807, 2.05) is 20.1 Å². The van der Waals surface area contributed by atoms with Gasteiger partial charge in [0.15, 0.2) is 0 Å². The summed E-state index contributed by atoms with van der Waals surface area (Å²) >= 11 is 1.60. The molecule has 0 aromatic heterocycles. The fraction of sp³-hybridized carbons (Fsp3) is 0.467. The monoisotopic (exact) mass is 327 g/mol. The molecule has 0 heterocycles. The van der Waals surface area contributed by atoms with E-state index in [1.54, 1.807) is 30.0 Å². The van der Waals surface area contributed by atoms with E-state index in [1.165, 1.54) is 6.07 Å². The van der Waals surface area contributed by atoms with Gasteiger partial charge in [0.25, 0.3) is 0 Å². The van der Waals surface area contributed by atoms with Crippen molar-refractivity contribution in [2.45, 2.75) is 29.9 Å². The summed E-state index contributed by atoms with van der Waals surface area (Å²) in [6.45, 7) is 4.26. The van der Waals surface area contributed by atoms with Crippen LogP contribution in [0.25, 0.3) is 0 Å². The van der Waals surface area contributed by atoms with Crippen LogP contribution in [-0.4, -0.2) is 37.7 Å². The van der Waals surface area contributed by atoms with Gasteiger partial charge in [0.2, 0.25) is 10.0 Å². The molecule has 1 aromatic rings. The van der Waals surface area contributed by atoms with Crippen LogP contribution < -0.4 is 4.72 Å². The van der Waals surface area contributed by atoms with E-state index in [9.17, 15) is 8.42 Å². The first-order valence-electron chi connectivity index (χ1n) is 6.56. The molecule has 0 amide bonds. The van der Waals surface area contributed by atoms with Crippen molar-refractivity contribution in [3.8, 4) is 11.8 Å². The molecule has 0 aliphatic heterocycles. The van der Waals surface area contributed by atoms with E-state index in [-0.39, 0.29) is 16.2 Å². The van der Waals surface area contributed by atoms with Gasteiger partial charge in [-0.3, -0.25) is 0 Å². The van der Waals surface area contributed by atoms with E-state index in [0.717, 1.165) is 0 Å². The summed E-state index contributed by atoms with van der Waals surface area (Å²) in [4.78, 5) is 0.173. The number of aliphatic hydroxyl groups is 1. The molecule has 2 N–H and O–H groups in total. The highest BCUT2D eigenvalue weighted by molar-refractivity contribution is 8.00. The van der Waals surface area contributed by atoms with Crippen molar-refractivity contribution in [1.82, 2.24) is 4.72 Å². The Morgan fingerprint density at radius 2 is 2.00 bits per heavy atom. The van der Waals surface area contributed by atoms with Crippen LogP contribution in [0.5, 0.6) is 0 Å². The molecule has 0 atom stereocenters. The highest BCUT2D eigenvalue weighted by Crippen LogP contribution is 2.21. The predicted molar refractivity (Wildman–Crippen MR) is 87.8 cm³/mol. The van der Waals surface area contributed by atoms with Gasteiger partial charge in [0.1, 0.15) is 0 Å². The standard InChI is InChI=1S/C15H21NO3S2/c1-15(2,20-3)12-16-21(18,19)14-10-5-4-8-13(14)9-6-7-11-17/h4-5,8,10,16-17H,7,11-12H2,1-3H3. The average Bonchev–Trinajstić information content (AvgIpc) is 2.46. The number of thioether (sulfide) groups is 1. The number of aliphatic hydroxyl groups excluding tert-OH is 1. The summed E-state index contributed by atoms with van der Waals surface area (Å²) < 4.78 is 27.3. The van der Waals surface area contributed by atoms with Gasteiger partial charge in [-0.2, -0.15) is 11.8 Å². The molecule has 6 heteroatoms. The van der Waals surface area contributed by atoms with Crippen molar-refractivity contribution in [3.05, 3.63) is 29.8 Å². The Labute approximate surface area is 131 Å². The summed E-state index contributed by atoms with van der Waals surface area (Å²) in [5, 5.41) is 8.74. The normalized spacial score (nSPS) is 11.8. The molecule has 0 aliphatic rings. The molecule has 4 nitrogen and oxygen atoms in total. The van der Waals surface area contributed by atoms with Crippen LogP contribution in [0, 0.1) is 11.8 Å². The molecule has 0 unspecified atom stereocenters. The van der Waals surface area contributed by atoms with Crippen molar-refractivity contribution < 1.29 is 13.5 Å². The zero-order chi connectivity index (χ0) is 15.9. The Morgan fingerprint density at radius 3 is 2.62 bits per heavy atom. The largest absolute Gasteiger partial charge is 0.395 e. The Morgan fingerprint density at radius 1 is 1.33 bits per heavy atom. The van der Waals surface area contributed by atoms with Gasteiger partial charge in [-0.1, -0.05) is 24.0 Å². The quantitative estimate of drug-likeness (QED) is 0.783. The molecule has 0 saturated heterocycles. The lowest BCUT2D eigenvalue weighted by Crippen LogP contribution is -2.36. The SMILES string of the molecule is CSC(C)(C)CNS(=O)(=O)c1ccccc1C#CCCO. The maximum Gasteiger partial charge on any atom is 0.241 e. The van der Waals surface area contributed by atoms with Crippen molar-refractivity contribution >= 4 is 21.8 Å². The lowest BCUT2D eigenvalue weighted by atomic mass is 10.2. The Kier molecular flexibility index (Phi) is 6.75. The number of sulfonamides is 1. The van der Waals surface area contributed by atoms with E-state index < -0.39 is 10.0 Å². The fourth-order valence-electron chi connectivity index (χ4n) is 1.44. The van der Waals surface area contributed by atoms with Crippen LogP contribution in [0.1, 0.15) is 25.8 Å². The molecular formula is C15H21NO3S2. The maximum absolute atomic E-state index is 12.4. The molecule has 0 spiro atoms. The lowest BCUT2D eigenvalue weighted by Gasteiger charge is -2.22. The third-order valence-electron chi connectivity index (χ3n) is 2.88. The lowest BCUT2D eigenvalue weighted by molar-refractivity contribution is 0.305. The number of hydrogen-bond donors (Lipinski definition) is 2. The minimum Gasteiger partial charge on any atom is -0.395 e. The second-order valence-electron chi connectivity index (χ2n) is 5.06. The molecule has 0 fully saturated rings. The van der Waals surface area contributed by atoms with E-state index in [0.29, 0.717) is 18.5 Å². The smallest absolute Gasteiger partial charge is 0.241 e. The van der Waals surface area contributed by atoms with Gasteiger partial charge in [0.05, 0.1) is 11.5 Å². The third-order valence-corrected chi connectivity index (χ3v) is 5.59. The van der Waals surface area contributed by atoms with Crippen LogP contribution in [0.2, 0.25) is 0 Å². The van der Waals surface area contributed by atoms with Crippen molar-refractivity contribution in [2.24, 2.45) is 0 Å². The maximum atomic E-state index is 12.4. The molecule has 0 radical (unpaired) electrons. The molecule has 0 saturated carbocycles. The number of hydrogen-bond acceptors (Lipinski definition) is 4. The summed E-state index contributed by atoms with van der Waals surface area (Å²) in [7, 11) is -3.60. The van der Waals surface area contributed by atoms with Gasteiger partial charge in [-0.15, -0.1) is 0 Å². The van der Waals surface area contributed by atoms with Gasteiger partial charge in [-0.05, 0) is 32.2 Å². The van der Waals surface area contributed by atoms with Gasteiger partial charge < -0.3 is 5.11 Å². The van der Waals surface area contributed by atoms with Crippen molar-refractivity contribution in [2.75, 3.05) is 19.4 Å². The number of benzene rings is 1. The molecule has 116 valence electrons. The minimum absolute atomic E-state index is 0.0396. The molecule has 1 rings (SSSR count). The van der Waals surface area contributed by atoms with Crippen LogP contribution >= 0.6 is 11.8 Å². The van der Waals surface area contributed by atoms with Crippen LogP contribution in [-0.2, 0) is 10.0 Å². The molecule has 21 heavy (non-hydrogen) atoms. The second kappa shape index (κ2) is 7.85. The Balaban J connectivity index is 3.02. The zero-order valence-electron chi connectivity index (χ0n) is 12.5. The van der Waals surface area contributed by atoms with Crippen LogP contribution in [0.3, 0.4) is 0 Å². The predicted octanol–water partition coefficient (Wildman–Crippen LogP) is 1.84. The third kappa shape index (κ3) is 5.71. The molecular weight excluding hydrogens is 306 g/mol. The number of rotatable bonds is 6. The van der Waals surface area contributed by atoms with E-state index >= 15 is 0 Å². The molecule has 0 aliphatic carbocycles. The fourth-order valence-corrected chi connectivity index (χ4v) is 3.12. The van der Waals surface area contributed by atoms with E-state index in [2.05, 4.69) is 16.6 Å². The first-order chi connectivity index (χ1) is 9.82. The van der Waals surface area contributed by atoms with Crippen LogP contribution in [0.4, 0.5) is 0 Å². The van der Waals surface area contributed by atoms with E-state index in [4.69, 9.17) is 5.11 Å². The Bertz CT molecular complexity index is 628. The first kappa shape index (κ1) is 18.1. The summed E-state index contributed by atoms with van der Waals surface area (Å²) in [6.07, 6.45) is 2.27. The van der Waals surface area contributed by atoms with Gasteiger partial charge in [-0.25, -0.2) is 13.1 Å². The number of nitrogens with one attached hydrogen (secondary N) is 1. The van der Waals surface area contributed by atoms with Crippen molar-refractivity contribution in [3.63, 3.8) is 0 Å².